The Labute approximate surface area is 204 Å². The topological polar surface area (TPSA) is 92.0 Å². The molecule has 3 heterocycles. The van der Waals surface area contributed by atoms with Crippen molar-refractivity contribution in [2.45, 2.75) is 30.5 Å². The van der Waals surface area contributed by atoms with E-state index in [0.29, 0.717) is 52.2 Å². The number of furan rings is 1. The number of rotatable bonds is 10. The lowest BCUT2D eigenvalue weighted by Crippen LogP contribution is -2.09. The zero-order valence-corrected chi connectivity index (χ0v) is 19.6. The Kier molecular flexibility index (Phi) is 6.92. The second-order valence-corrected chi connectivity index (χ2v) is 8.74. The van der Waals surface area contributed by atoms with Gasteiger partial charge in [-0.2, -0.15) is 4.98 Å². The molecule has 3 aromatic heterocycles. The molecule has 0 N–H and O–H groups in total. The average Bonchev–Trinajstić information content (AvgIpc) is 3.61. The maximum atomic E-state index is 5.95. The van der Waals surface area contributed by atoms with Crippen molar-refractivity contribution >= 4 is 23.4 Å². The molecule has 0 spiro atoms. The highest BCUT2D eigenvalue weighted by Crippen LogP contribution is 2.24. The molecule has 0 saturated carbocycles. The molecular weight excluding hydrogens is 474 g/mol. The van der Waals surface area contributed by atoms with Crippen LogP contribution < -0.4 is 4.74 Å². The van der Waals surface area contributed by atoms with Gasteiger partial charge in [0.05, 0.1) is 18.6 Å². The Morgan fingerprint density at radius 2 is 1.82 bits per heavy atom. The number of nitrogens with zero attached hydrogens (tertiary/aromatic N) is 5. The van der Waals surface area contributed by atoms with E-state index in [-0.39, 0.29) is 6.61 Å². The van der Waals surface area contributed by atoms with Gasteiger partial charge in [-0.1, -0.05) is 58.9 Å². The number of benzene rings is 2. The molecule has 10 heteroatoms. The van der Waals surface area contributed by atoms with Crippen molar-refractivity contribution in [2.24, 2.45) is 0 Å². The van der Waals surface area contributed by atoms with Gasteiger partial charge in [-0.3, -0.25) is 4.57 Å². The van der Waals surface area contributed by atoms with Gasteiger partial charge in [0.25, 0.3) is 0 Å². The molecule has 0 aliphatic carbocycles. The molecule has 0 radical (unpaired) electrons. The van der Waals surface area contributed by atoms with E-state index in [9.17, 15) is 0 Å². The fourth-order valence-electron chi connectivity index (χ4n) is 3.25. The van der Waals surface area contributed by atoms with Gasteiger partial charge in [0, 0.05) is 11.4 Å². The van der Waals surface area contributed by atoms with Crippen LogP contribution in [0.2, 0.25) is 5.02 Å². The molecular formula is C24H20ClN5O3S. The molecule has 0 aliphatic heterocycles. The van der Waals surface area contributed by atoms with Crippen LogP contribution in [0.4, 0.5) is 0 Å². The third kappa shape index (κ3) is 5.67. The van der Waals surface area contributed by atoms with Gasteiger partial charge in [-0.15, -0.1) is 10.2 Å². The van der Waals surface area contributed by atoms with E-state index in [4.69, 9.17) is 25.3 Å². The van der Waals surface area contributed by atoms with Crippen molar-refractivity contribution < 1.29 is 13.7 Å². The molecule has 5 aromatic rings. The van der Waals surface area contributed by atoms with Gasteiger partial charge < -0.3 is 13.7 Å². The summed E-state index contributed by atoms with van der Waals surface area (Å²) in [5.41, 5.74) is 1.13. The van der Waals surface area contributed by atoms with E-state index >= 15 is 0 Å². The Morgan fingerprint density at radius 3 is 2.62 bits per heavy atom. The Bertz CT molecular complexity index is 1320. The molecule has 2 aromatic carbocycles. The summed E-state index contributed by atoms with van der Waals surface area (Å²) < 4.78 is 18.8. The summed E-state index contributed by atoms with van der Waals surface area (Å²) in [6, 6.07) is 21.0. The Balaban J connectivity index is 1.27. The van der Waals surface area contributed by atoms with Crippen molar-refractivity contribution in [2.75, 3.05) is 0 Å². The van der Waals surface area contributed by atoms with Crippen LogP contribution >= 0.6 is 23.4 Å². The molecule has 5 rings (SSSR count). The van der Waals surface area contributed by atoms with E-state index in [1.807, 2.05) is 59.2 Å². The number of hydrogen-bond acceptors (Lipinski definition) is 8. The molecule has 0 amide bonds. The second kappa shape index (κ2) is 10.6. The number of ether oxygens (including phenoxy) is 1. The smallest absolute Gasteiger partial charge is 0.237 e. The predicted octanol–water partition coefficient (Wildman–Crippen LogP) is 5.42. The van der Waals surface area contributed by atoms with Crippen molar-refractivity contribution in [3.63, 3.8) is 0 Å². The molecule has 0 atom stereocenters. The fraction of sp³-hybridized carbons (Fsp3) is 0.167. The summed E-state index contributed by atoms with van der Waals surface area (Å²) in [6.45, 7) is 0.725. The first-order valence-electron chi connectivity index (χ1n) is 10.5. The quantitative estimate of drug-likeness (QED) is 0.238. The average molecular weight is 494 g/mol. The van der Waals surface area contributed by atoms with Gasteiger partial charge in [0.2, 0.25) is 5.89 Å². The van der Waals surface area contributed by atoms with Gasteiger partial charge in [0.15, 0.2) is 16.8 Å². The van der Waals surface area contributed by atoms with E-state index in [0.717, 1.165) is 11.3 Å². The highest BCUT2D eigenvalue weighted by atomic mass is 35.5. The summed E-state index contributed by atoms with van der Waals surface area (Å²) in [4.78, 5) is 4.51. The number of hydrogen-bond donors (Lipinski definition) is 0. The minimum Gasteiger partial charge on any atom is -0.486 e. The van der Waals surface area contributed by atoms with Crippen LogP contribution in [0, 0.1) is 0 Å². The maximum absolute atomic E-state index is 5.95. The molecule has 0 fully saturated rings. The minimum atomic E-state index is 0.248. The first-order chi connectivity index (χ1) is 16.7. The molecule has 8 nitrogen and oxygen atoms in total. The zero-order valence-electron chi connectivity index (χ0n) is 18.0. The van der Waals surface area contributed by atoms with Crippen molar-refractivity contribution in [1.29, 1.82) is 0 Å². The van der Waals surface area contributed by atoms with Crippen LogP contribution in [0.25, 0.3) is 0 Å². The van der Waals surface area contributed by atoms with Crippen molar-refractivity contribution in [3.05, 3.63) is 107 Å². The monoisotopic (exact) mass is 493 g/mol. The normalized spacial score (nSPS) is 11.1. The largest absolute Gasteiger partial charge is 0.486 e. The van der Waals surface area contributed by atoms with Crippen molar-refractivity contribution in [3.8, 4) is 5.75 Å². The minimum absolute atomic E-state index is 0.248. The van der Waals surface area contributed by atoms with E-state index in [1.54, 1.807) is 18.4 Å². The molecule has 0 saturated heterocycles. The zero-order chi connectivity index (χ0) is 23.2. The summed E-state index contributed by atoms with van der Waals surface area (Å²) in [7, 11) is 0. The van der Waals surface area contributed by atoms with Crippen molar-refractivity contribution in [1.82, 2.24) is 24.9 Å². The molecule has 0 aliphatic rings. The van der Waals surface area contributed by atoms with E-state index < -0.39 is 0 Å². The highest BCUT2D eigenvalue weighted by Gasteiger charge is 2.17. The summed E-state index contributed by atoms with van der Waals surface area (Å²) in [5.74, 6) is 3.80. The van der Waals surface area contributed by atoms with Crippen LogP contribution in [0.1, 0.15) is 28.9 Å². The molecule has 172 valence electrons. The first-order valence-corrected chi connectivity index (χ1v) is 11.9. The number of aromatic nitrogens is 5. The number of halogens is 1. The van der Waals surface area contributed by atoms with E-state index in [1.165, 1.54) is 11.8 Å². The lowest BCUT2D eigenvalue weighted by molar-refractivity contribution is 0.287. The van der Waals surface area contributed by atoms with Crippen LogP contribution in [0.3, 0.4) is 0 Å². The van der Waals surface area contributed by atoms with E-state index in [2.05, 4.69) is 20.3 Å². The lowest BCUT2D eigenvalue weighted by atomic mass is 10.1. The summed E-state index contributed by atoms with van der Waals surface area (Å²) in [6.07, 6.45) is 2.26. The third-order valence-corrected chi connectivity index (χ3v) is 6.11. The SMILES string of the molecule is Clc1ccc(OCc2nnc(SCc3nc(Cc4ccccc4)no3)n2Cc2ccco2)cc1. The molecule has 0 unspecified atom stereocenters. The lowest BCUT2D eigenvalue weighted by Gasteiger charge is -2.09. The second-order valence-electron chi connectivity index (χ2n) is 7.36. The molecule has 0 bridgehead atoms. The third-order valence-electron chi connectivity index (χ3n) is 4.91. The molecule has 34 heavy (non-hydrogen) atoms. The number of thioether (sulfide) groups is 1. The van der Waals surface area contributed by atoms with Gasteiger partial charge in [-0.25, -0.2) is 0 Å². The van der Waals surface area contributed by atoms with Gasteiger partial charge in [0.1, 0.15) is 18.1 Å². The van der Waals surface area contributed by atoms with Crippen LogP contribution in [-0.4, -0.2) is 24.9 Å². The van der Waals surface area contributed by atoms with Crippen LogP contribution in [0.15, 0.2) is 87.1 Å². The van der Waals surface area contributed by atoms with Crippen LogP contribution in [-0.2, 0) is 25.3 Å². The fourth-order valence-corrected chi connectivity index (χ4v) is 4.17. The standard InChI is InChI=1S/C24H20ClN5O3S/c25-18-8-10-19(11-9-18)32-15-22-27-28-24(30(22)14-20-7-4-12-31-20)34-16-23-26-21(29-33-23)13-17-5-2-1-3-6-17/h1-12H,13-16H2. The maximum Gasteiger partial charge on any atom is 0.237 e. The highest BCUT2D eigenvalue weighted by molar-refractivity contribution is 7.98. The first kappa shape index (κ1) is 22.2. The summed E-state index contributed by atoms with van der Waals surface area (Å²) in [5, 5.41) is 14.1. The Hall–Kier alpha value is -3.56. The van der Waals surface area contributed by atoms with Crippen LogP contribution in [0.5, 0.6) is 5.75 Å². The predicted molar refractivity (Wildman–Crippen MR) is 127 cm³/mol. The Morgan fingerprint density at radius 1 is 0.971 bits per heavy atom. The van der Waals surface area contributed by atoms with Gasteiger partial charge in [-0.05, 0) is 42.0 Å². The summed E-state index contributed by atoms with van der Waals surface area (Å²) >= 11 is 7.42. The van der Waals surface area contributed by atoms with Gasteiger partial charge >= 0.3 is 0 Å².